The van der Waals surface area contributed by atoms with Crippen molar-refractivity contribution in [1.82, 2.24) is 9.97 Å². The second-order valence-corrected chi connectivity index (χ2v) is 6.22. The molecule has 0 radical (unpaired) electrons. The summed E-state index contributed by atoms with van der Waals surface area (Å²) in [6.07, 6.45) is 3.17. The Balaban J connectivity index is 2.19. The third-order valence-corrected chi connectivity index (χ3v) is 3.76. The highest BCUT2D eigenvalue weighted by Gasteiger charge is 2.39. The Morgan fingerprint density at radius 2 is 2.00 bits per heavy atom. The SMILES string of the molecule is Cc1nc2c(c(C(C)(C)C)n1)C1CN=CC1C2. The average molecular weight is 229 g/mol. The maximum absolute atomic E-state index is 4.71. The fraction of sp³-hybridized carbons (Fsp3) is 0.643. The van der Waals surface area contributed by atoms with E-state index in [0.717, 1.165) is 18.8 Å². The number of aryl methyl sites for hydroxylation is 1. The lowest BCUT2D eigenvalue weighted by Gasteiger charge is -2.23. The predicted octanol–water partition coefficient (Wildman–Crippen LogP) is 2.42. The van der Waals surface area contributed by atoms with Crippen LogP contribution in [0.15, 0.2) is 4.99 Å². The van der Waals surface area contributed by atoms with E-state index in [1.54, 1.807) is 0 Å². The monoisotopic (exact) mass is 229 g/mol. The first-order chi connectivity index (χ1) is 7.97. The number of nitrogens with zero attached hydrogens (tertiary/aromatic N) is 3. The lowest BCUT2D eigenvalue weighted by atomic mass is 9.84. The van der Waals surface area contributed by atoms with E-state index in [2.05, 4.69) is 37.0 Å². The quantitative estimate of drug-likeness (QED) is 0.685. The van der Waals surface area contributed by atoms with Crippen LogP contribution in [0.25, 0.3) is 0 Å². The summed E-state index contributed by atoms with van der Waals surface area (Å²) >= 11 is 0. The van der Waals surface area contributed by atoms with Gasteiger partial charge in [-0.3, -0.25) is 4.99 Å². The lowest BCUT2D eigenvalue weighted by Crippen LogP contribution is -2.20. The summed E-state index contributed by atoms with van der Waals surface area (Å²) in [6, 6.07) is 0. The highest BCUT2D eigenvalue weighted by molar-refractivity contribution is 5.68. The molecule has 0 fully saturated rings. The minimum absolute atomic E-state index is 0.0925. The Kier molecular flexibility index (Phi) is 2.16. The molecule has 2 atom stereocenters. The molecule has 3 heteroatoms. The van der Waals surface area contributed by atoms with Crippen molar-refractivity contribution in [3.8, 4) is 0 Å². The Bertz CT molecular complexity index is 497. The second-order valence-electron chi connectivity index (χ2n) is 6.22. The van der Waals surface area contributed by atoms with E-state index in [0.29, 0.717) is 11.8 Å². The summed E-state index contributed by atoms with van der Waals surface area (Å²) in [5.41, 5.74) is 3.99. The zero-order valence-corrected chi connectivity index (χ0v) is 11.0. The number of hydrogen-bond acceptors (Lipinski definition) is 3. The molecule has 3 rings (SSSR count). The molecule has 0 saturated carbocycles. The van der Waals surface area contributed by atoms with Crippen molar-refractivity contribution < 1.29 is 0 Å². The molecule has 0 bridgehead atoms. The van der Waals surface area contributed by atoms with E-state index in [-0.39, 0.29) is 5.41 Å². The highest BCUT2D eigenvalue weighted by atomic mass is 14.9. The van der Waals surface area contributed by atoms with Crippen LogP contribution in [0.4, 0.5) is 0 Å². The van der Waals surface area contributed by atoms with E-state index in [9.17, 15) is 0 Å². The van der Waals surface area contributed by atoms with Gasteiger partial charge in [-0.05, 0) is 13.3 Å². The molecule has 0 N–H and O–H groups in total. The fourth-order valence-corrected chi connectivity index (χ4v) is 3.03. The molecule has 3 nitrogen and oxygen atoms in total. The van der Waals surface area contributed by atoms with Gasteiger partial charge in [-0.1, -0.05) is 20.8 Å². The Labute approximate surface area is 102 Å². The molecule has 1 aromatic rings. The third-order valence-electron chi connectivity index (χ3n) is 3.76. The van der Waals surface area contributed by atoms with Crippen molar-refractivity contribution >= 4 is 6.21 Å². The molecule has 1 aliphatic heterocycles. The summed E-state index contributed by atoms with van der Waals surface area (Å²) in [5.74, 6) is 2.02. The standard InChI is InChI=1S/C14H19N3/c1-8-16-11-5-9-6-15-7-10(9)12(11)13(17-8)14(2,3)4/h6,9-10H,5,7H2,1-4H3. The van der Waals surface area contributed by atoms with Crippen LogP contribution in [-0.2, 0) is 11.8 Å². The van der Waals surface area contributed by atoms with Crippen LogP contribution in [0.3, 0.4) is 0 Å². The summed E-state index contributed by atoms with van der Waals surface area (Å²) in [5, 5.41) is 0. The van der Waals surface area contributed by atoms with Gasteiger partial charge in [0.1, 0.15) is 5.82 Å². The van der Waals surface area contributed by atoms with Crippen LogP contribution in [-0.4, -0.2) is 22.7 Å². The minimum Gasteiger partial charge on any atom is -0.297 e. The molecule has 0 saturated heterocycles. The van der Waals surface area contributed by atoms with Crippen molar-refractivity contribution in [2.45, 2.75) is 45.4 Å². The lowest BCUT2D eigenvalue weighted by molar-refractivity contribution is 0.542. The number of fused-ring (bicyclic) bond motifs is 3. The van der Waals surface area contributed by atoms with E-state index in [4.69, 9.17) is 4.98 Å². The molecule has 2 aliphatic rings. The number of rotatable bonds is 0. The van der Waals surface area contributed by atoms with Gasteiger partial charge in [0.05, 0.1) is 5.69 Å². The predicted molar refractivity (Wildman–Crippen MR) is 68.8 cm³/mol. The van der Waals surface area contributed by atoms with Gasteiger partial charge < -0.3 is 0 Å². The summed E-state index contributed by atoms with van der Waals surface area (Å²) in [6.45, 7) is 9.62. The van der Waals surface area contributed by atoms with Gasteiger partial charge in [0.25, 0.3) is 0 Å². The average Bonchev–Trinajstić information content (AvgIpc) is 2.73. The zero-order chi connectivity index (χ0) is 12.2. The van der Waals surface area contributed by atoms with E-state index < -0.39 is 0 Å². The molecule has 0 aromatic carbocycles. The first kappa shape index (κ1) is 10.9. The Morgan fingerprint density at radius 1 is 1.24 bits per heavy atom. The molecule has 17 heavy (non-hydrogen) atoms. The van der Waals surface area contributed by atoms with Crippen LogP contribution in [0.2, 0.25) is 0 Å². The van der Waals surface area contributed by atoms with Crippen molar-refractivity contribution in [2.75, 3.05) is 6.54 Å². The maximum Gasteiger partial charge on any atom is 0.125 e. The summed E-state index contributed by atoms with van der Waals surface area (Å²) in [7, 11) is 0. The maximum atomic E-state index is 4.71. The van der Waals surface area contributed by atoms with E-state index in [1.807, 2.05) is 6.92 Å². The highest BCUT2D eigenvalue weighted by Crippen LogP contribution is 2.43. The number of aliphatic imine (C=N–C) groups is 1. The summed E-state index contributed by atoms with van der Waals surface area (Å²) < 4.78 is 0. The molecular weight excluding hydrogens is 210 g/mol. The minimum atomic E-state index is 0.0925. The molecule has 1 aromatic heterocycles. The van der Waals surface area contributed by atoms with Crippen LogP contribution in [0, 0.1) is 12.8 Å². The molecular formula is C14H19N3. The molecule has 0 amide bonds. The van der Waals surface area contributed by atoms with Gasteiger partial charge in [-0.2, -0.15) is 0 Å². The van der Waals surface area contributed by atoms with Crippen LogP contribution >= 0.6 is 0 Å². The van der Waals surface area contributed by atoms with E-state index >= 15 is 0 Å². The van der Waals surface area contributed by atoms with Crippen molar-refractivity contribution in [3.63, 3.8) is 0 Å². The Morgan fingerprint density at radius 3 is 2.71 bits per heavy atom. The smallest absolute Gasteiger partial charge is 0.125 e. The van der Waals surface area contributed by atoms with Gasteiger partial charge in [0.2, 0.25) is 0 Å². The van der Waals surface area contributed by atoms with Crippen molar-refractivity contribution in [2.24, 2.45) is 10.9 Å². The van der Waals surface area contributed by atoms with Crippen molar-refractivity contribution in [3.05, 3.63) is 22.8 Å². The normalized spacial score (nSPS) is 26.1. The van der Waals surface area contributed by atoms with Crippen LogP contribution in [0.1, 0.15) is 49.5 Å². The Hall–Kier alpha value is -1.25. The largest absolute Gasteiger partial charge is 0.297 e. The van der Waals surface area contributed by atoms with Crippen LogP contribution in [0.5, 0.6) is 0 Å². The topological polar surface area (TPSA) is 38.1 Å². The van der Waals surface area contributed by atoms with Gasteiger partial charge >= 0.3 is 0 Å². The molecule has 2 unspecified atom stereocenters. The third kappa shape index (κ3) is 1.60. The van der Waals surface area contributed by atoms with Gasteiger partial charge in [0.15, 0.2) is 0 Å². The molecule has 90 valence electrons. The van der Waals surface area contributed by atoms with E-state index in [1.165, 1.54) is 17.0 Å². The molecule has 0 spiro atoms. The molecule has 2 heterocycles. The van der Waals surface area contributed by atoms with Gasteiger partial charge in [-0.15, -0.1) is 0 Å². The zero-order valence-electron chi connectivity index (χ0n) is 11.0. The number of hydrogen-bond donors (Lipinski definition) is 0. The first-order valence-corrected chi connectivity index (χ1v) is 6.34. The second kappa shape index (κ2) is 3.37. The summed E-state index contributed by atoms with van der Waals surface area (Å²) in [4.78, 5) is 13.8. The van der Waals surface area contributed by atoms with Gasteiger partial charge in [-0.25, -0.2) is 9.97 Å². The van der Waals surface area contributed by atoms with Crippen LogP contribution < -0.4 is 0 Å². The number of aromatic nitrogens is 2. The fourth-order valence-electron chi connectivity index (χ4n) is 3.03. The first-order valence-electron chi connectivity index (χ1n) is 6.34. The van der Waals surface area contributed by atoms with Gasteiger partial charge in [0, 0.05) is 41.3 Å². The van der Waals surface area contributed by atoms with Crippen molar-refractivity contribution in [1.29, 1.82) is 0 Å². The molecule has 1 aliphatic carbocycles.